The number of hydrogen-bond donors (Lipinski definition) is 1. The van der Waals surface area contributed by atoms with Gasteiger partial charge in [-0.25, -0.2) is 0 Å². The summed E-state index contributed by atoms with van der Waals surface area (Å²) < 4.78 is 5.99. The Morgan fingerprint density at radius 1 is 0.781 bits per heavy atom. The van der Waals surface area contributed by atoms with Crippen LogP contribution >= 0.6 is 0 Å². The second-order valence-corrected chi connectivity index (χ2v) is 7.94. The molecule has 0 aliphatic carbocycles. The van der Waals surface area contributed by atoms with E-state index >= 15 is 0 Å². The largest absolute Gasteiger partial charge is 0.508 e. The van der Waals surface area contributed by atoms with E-state index in [1.54, 1.807) is 12.1 Å². The van der Waals surface area contributed by atoms with Crippen molar-refractivity contribution in [3.05, 3.63) is 101 Å². The van der Waals surface area contributed by atoms with E-state index in [0.29, 0.717) is 6.61 Å². The third-order valence-corrected chi connectivity index (χ3v) is 5.91. The second-order valence-electron chi connectivity index (χ2n) is 7.94. The van der Waals surface area contributed by atoms with Gasteiger partial charge in [-0.2, -0.15) is 0 Å². The first-order chi connectivity index (χ1) is 15.6. The fourth-order valence-electron chi connectivity index (χ4n) is 3.99. The summed E-state index contributed by atoms with van der Waals surface area (Å²) in [5.41, 5.74) is 6.19. The fourth-order valence-corrected chi connectivity index (χ4v) is 3.99. The molecule has 3 aromatic rings. The van der Waals surface area contributed by atoms with Gasteiger partial charge in [-0.3, -0.25) is 0 Å². The average molecular weight is 430 g/mol. The van der Waals surface area contributed by atoms with E-state index in [0.717, 1.165) is 43.8 Å². The maximum absolute atomic E-state index is 9.80. The Balaban J connectivity index is 1.88. The molecule has 3 heteroatoms. The maximum Gasteiger partial charge on any atom is 0.119 e. The average Bonchev–Trinajstić information content (AvgIpc) is 2.84. The lowest BCUT2D eigenvalue weighted by Gasteiger charge is -2.19. The first-order valence-electron chi connectivity index (χ1n) is 11.7. The van der Waals surface area contributed by atoms with Crippen molar-refractivity contribution >= 4 is 5.57 Å². The van der Waals surface area contributed by atoms with Crippen LogP contribution in [-0.4, -0.2) is 36.2 Å². The molecule has 0 heterocycles. The number of aromatic hydroxyl groups is 1. The van der Waals surface area contributed by atoms with Crippen LogP contribution in [0.5, 0.6) is 11.5 Å². The molecule has 0 unspecified atom stereocenters. The highest BCUT2D eigenvalue weighted by Crippen LogP contribution is 2.32. The van der Waals surface area contributed by atoms with Crippen molar-refractivity contribution in [1.29, 1.82) is 0 Å². The van der Waals surface area contributed by atoms with Crippen molar-refractivity contribution in [2.24, 2.45) is 0 Å². The van der Waals surface area contributed by atoms with Crippen LogP contribution in [0, 0.1) is 0 Å². The Hall–Kier alpha value is -3.04. The Morgan fingerprint density at radius 2 is 1.38 bits per heavy atom. The van der Waals surface area contributed by atoms with Crippen LogP contribution in [0.15, 0.2) is 84.4 Å². The highest BCUT2D eigenvalue weighted by atomic mass is 16.5. The summed E-state index contributed by atoms with van der Waals surface area (Å²) in [4.78, 5) is 2.36. The minimum atomic E-state index is 0.283. The number of allylic oxidation sites excluding steroid dienone is 1. The van der Waals surface area contributed by atoms with Crippen LogP contribution in [0.4, 0.5) is 0 Å². The molecule has 0 saturated carbocycles. The highest BCUT2D eigenvalue weighted by Gasteiger charge is 2.13. The zero-order valence-corrected chi connectivity index (χ0v) is 19.6. The molecule has 1 N–H and O–H groups in total. The van der Waals surface area contributed by atoms with Crippen molar-refractivity contribution in [2.75, 3.05) is 26.2 Å². The maximum atomic E-state index is 9.80. The minimum Gasteiger partial charge on any atom is -0.508 e. The molecular formula is C29H35NO2. The van der Waals surface area contributed by atoms with E-state index in [-0.39, 0.29) is 5.75 Å². The molecule has 0 radical (unpaired) electrons. The zero-order valence-electron chi connectivity index (χ0n) is 19.6. The molecule has 168 valence electrons. The minimum absolute atomic E-state index is 0.283. The van der Waals surface area contributed by atoms with E-state index in [9.17, 15) is 5.11 Å². The lowest BCUT2D eigenvalue weighted by atomic mass is 9.88. The number of ether oxygens (including phenoxy) is 1. The van der Waals surface area contributed by atoms with Gasteiger partial charge in [0.25, 0.3) is 0 Å². The van der Waals surface area contributed by atoms with Gasteiger partial charge in [-0.15, -0.1) is 0 Å². The van der Waals surface area contributed by atoms with Crippen molar-refractivity contribution in [1.82, 2.24) is 4.90 Å². The Bertz CT molecular complexity index is 972. The van der Waals surface area contributed by atoms with E-state index in [1.807, 2.05) is 12.1 Å². The monoisotopic (exact) mass is 429 g/mol. The molecule has 0 saturated heterocycles. The lowest BCUT2D eigenvalue weighted by Crippen LogP contribution is -2.27. The van der Waals surface area contributed by atoms with Crippen LogP contribution < -0.4 is 4.74 Å². The molecule has 0 aromatic heterocycles. The predicted molar refractivity (Wildman–Crippen MR) is 134 cm³/mol. The smallest absolute Gasteiger partial charge is 0.119 e. The fraction of sp³-hybridized carbons (Fsp3) is 0.310. The molecule has 3 nitrogen and oxygen atoms in total. The molecular weight excluding hydrogens is 394 g/mol. The summed E-state index contributed by atoms with van der Waals surface area (Å²) in [5.74, 6) is 1.18. The number of phenolic OH excluding ortho intramolecular Hbond substituents is 1. The van der Waals surface area contributed by atoms with Gasteiger partial charge in [0.05, 0.1) is 0 Å². The van der Waals surface area contributed by atoms with E-state index in [4.69, 9.17) is 4.74 Å². The molecule has 0 aliphatic heterocycles. The number of benzene rings is 3. The van der Waals surface area contributed by atoms with E-state index in [2.05, 4.69) is 80.3 Å². The van der Waals surface area contributed by atoms with Gasteiger partial charge in [0.1, 0.15) is 18.1 Å². The van der Waals surface area contributed by atoms with E-state index in [1.165, 1.54) is 22.3 Å². The van der Waals surface area contributed by atoms with Crippen molar-refractivity contribution in [3.63, 3.8) is 0 Å². The Labute approximate surface area is 193 Å². The number of rotatable bonds is 11. The summed E-state index contributed by atoms with van der Waals surface area (Å²) in [6.45, 7) is 10.3. The van der Waals surface area contributed by atoms with Gasteiger partial charge in [-0.05, 0) is 72.5 Å². The molecule has 32 heavy (non-hydrogen) atoms. The topological polar surface area (TPSA) is 32.7 Å². The SMILES string of the molecule is CC/C(Cc1ccccc1)=C(/c1ccc(O)cc1)c1ccc(OCCN(CC)CC)cc1. The van der Waals surface area contributed by atoms with Crippen LogP contribution in [0.1, 0.15) is 43.9 Å². The molecule has 0 bridgehead atoms. The Morgan fingerprint density at radius 3 is 1.94 bits per heavy atom. The van der Waals surface area contributed by atoms with Gasteiger partial charge in [0.15, 0.2) is 0 Å². The van der Waals surface area contributed by atoms with Gasteiger partial charge < -0.3 is 14.7 Å². The molecule has 0 spiro atoms. The first-order valence-corrected chi connectivity index (χ1v) is 11.7. The van der Waals surface area contributed by atoms with Crippen LogP contribution in [-0.2, 0) is 6.42 Å². The molecule has 3 rings (SSSR count). The van der Waals surface area contributed by atoms with Gasteiger partial charge in [0, 0.05) is 6.54 Å². The third-order valence-electron chi connectivity index (χ3n) is 5.91. The molecule has 0 atom stereocenters. The molecule has 0 fully saturated rings. The van der Waals surface area contributed by atoms with E-state index < -0.39 is 0 Å². The van der Waals surface area contributed by atoms with Crippen LogP contribution in [0.2, 0.25) is 0 Å². The van der Waals surface area contributed by atoms with Gasteiger partial charge in [0.2, 0.25) is 0 Å². The van der Waals surface area contributed by atoms with Crippen molar-refractivity contribution in [3.8, 4) is 11.5 Å². The predicted octanol–water partition coefficient (Wildman–Crippen LogP) is 6.57. The van der Waals surface area contributed by atoms with Gasteiger partial charge in [-0.1, -0.05) is 80.9 Å². The zero-order chi connectivity index (χ0) is 22.8. The summed E-state index contributed by atoms with van der Waals surface area (Å²) in [6, 6.07) is 26.5. The quantitative estimate of drug-likeness (QED) is 0.374. The summed E-state index contributed by atoms with van der Waals surface area (Å²) in [7, 11) is 0. The van der Waals surface area contributed by atoms with Crippen molar-refractivity contribution in [2.45, 2.75) is 33.6 Å². The summed E-state index contributed by atoms with van der Waals surface area (Å²) in [6.07, 6.45) is 1.85. The lowest BCUT2D eigenvalue weighted by molar-refractivity contribution is 0.223. The molecule has 3 aromatic carbocycles. The number of hydrogen-bond acceptors (Lipinski definition) is 3. The molecule has 0 amide bonds. The van der Waals surface area contributed by atoms with Crippen molar-refractivity contribution < 1.29 is 9.84 Å². The summed E-state index contributed by atoms with van der Waals surface area (Å²) in [5, 5.41) is 9.80. The normalized spacial score (nSPS) is 12.0. The highest BCUT2D eigenvalue weighted by molar-refractivity contribution is 5.82. The van der Waals surface area contributed by atoms with Crippen LogP contribution in [0.3, 0.4) is 0 Å². The number of phenols is 1. The molecule has 0 aliphatic rings. The third kappa shape index (κ3) is 6.48. The van der Waals surface area contributed by atoms with Crippen LogP contribution in [0.25, 0.3) is 5.57 Å². The number of likely N-dealkylation sites (N-methyl/N-ethyl adjacent to an activating group) is 1. The summed E-state index contributed by atoms with van der Waals surface area (Å²) >= 11 is 0. The second kappa shape index (κ2) is 12.1. The standard InChI is InChI=1S/C29H35NO2/c1-4-24(22-23-10-8-7-9-11-23)29(25-12-16-27(31)17-13-25)26-14-18-28(19-15-26)32-21-20-30(5-2)6-3/h7-19,31H,4-6,20-22H2,1-3H3/b29-24+. The first kappa shape index (κ1) is 23.6. The number of nitrogens with zero attached hydrogens (tertiary/aromatic N) is 1. The Kier molecular flexibility index (Phi) is 8.94. The van der Waals surface area contributed by atoms with Gasteiger partial charge >= 0.3 is 0 Å².